The third kappa shape index (κ3) is 3.52. The summed E-state index contributed by atoms with van der Waals surface area (Å²) in [5.74, 6) is 0.636. The van der Waals surface area contributed by atoms with Crippen molar-refractivity contribution in [1.82, 2.24) is 15.3 Å². The number of nitrogen functional groups attached to an aromatic ring is 1. The van der Waals surface area contributed by atoms with Gasteiger partial charge in [0.2, 0.25) is 0 Å². The van der Waals surface area contributed by atoms with E-state index in [4.69, 9.17) is 5.73 Å². The molecular weight excluding hydrogens is 264 g/mol. The van der Waals surface area contributed by atoms with E-state index in [9.17, 15) is 4.79 Å². The summed E-state index contributed by atoms with van der Waals surface area (Å²) in [6.07, 6.45) is 6.07. The molecule has 5 nitrogen and oxygen atoms in total. The number of amides is 1. The van der Waals surface area contributed by atoms with E-state index in [2.05, 4.69) is 29.1 Å². The van der Waals surface area contributed by atoms with Crippen LogP contribution >= 0.6 is 0 Å². The van der Waals surface area contributed by atoms with E-state index < -0.39 is 0 Å². The molecule has 1 atom stereocenters. The van der Waals surface area contributed by atoms with Crippen molar-refractivity contribution in [2.24, 2.45) is 5.41 Å². The highest BCUT2D eigenvalue weighted by Gasteiger charge is 2.33. The van der Waals surface area contributed by atoms with Crippen LogP contribution in [0.25, 0.3) is 0 Å². The van der Waals surface area contributed by atoms with Gasteiger partial charge in [0.05, 0.1) is 11.9 Å². The lowest BCUT2D eigenvalue weighted by Gasteiger charge is -2.39. The average molecular weight is 290 g/mol. The lowest BCUT2D eigenvalue weighted by atomic mass is 9.73. The van der Waals surface area contributed by atoms with E-state index in [1.165, 1.54) is 12.6 Å². The molecule has 3 N–H and O–H groups in total. The van der Waals surface area contributed by atoms with E-state index in [0.717, 1.165) is 19.3 Å². The summed E-state index contributed by atoms with van der Waals surface area (Å²) in [5.41, 5.74) is 6.64. The number of carbonyl (C=O) groups excluding carboxylic acids is 1. The first-order valence-electron chi connectivity index (χ1n) is 7.74. The highest BCUT2D eigenvalue weighted by molar-refractivity contribution is 5.97. The molecule has 0 aromatic carbocycles. The molecule has 0 bridgehead atoms. The van der Waals surface area contributed by atoms with Gasteiger partial charge in [0, 0.05) is 12.0 Å². The van der Waals surface area contributed by atoms with Crippen LogP contribution in [0.2, 0.25) is 0 Å². The smallest absolute Gasteiger partial charge is 0.272 e. The van der Waals surface area contributed by atoms with Crippen LogP contribution < -0.4 is 11.1 Å². The maximum absolute atomic E-state index is 12.5. The molecule has 0 aliphatic heterocycles. The standard InChI is InChI=1S/C16H26N4O/c1-10(2)14-18-9-11(17)13(20-14)15(21)19-12-7-5-6-8-16(12,3)4/h9-10,12H,5-8,17H2,1-4H3,(H,19,21). The number of rotatable bonds is 3. The van der Waals surface area contributed by atoms with Gasteiger partial charge in [-0.3, -0.25) is 4.79 Å². The zero-order valence-corrected chi connectivity index (χ0v) is 13.4. The van der Waals surface area contributed by atoms with Gasteiger partial charge in [0.25, 0.3) is 5.91 Å². The summed E-state index contributed by atoms with van der Waals surface area (Å²) in [4.78, 5) is 21.0. The Hall–Kier alpha value is -1.65. The molecule has 0 radical (unpaired) electrons. The first-order valence-corrected chi connectivity index (χ1v) is 7.74. The summed E-state index contributed by atoms with van der Waals surface area (Å²) in [6.45, 7) is 8.41. The van der Waals surface area contributed by atoms with Gasteiger partial charge in [-0.2, -0.15) is 0 Å². The Morgan fingerprint density at radius 2 is 2.14 bits per heavy atom. The van der Waals surface area contributed by atoms with Gasteiger partial charge in [0.15, 0.2) is 5.69 Å². The lowest BCUT2D eigenvalue weighted by molar-refractivity contribution is 0.0849. The zero-order valence-electron chi connectivity index (χ0n) is 13.4. The number of anilines is 1. The predicted molar refractivity (Wildman–Crippen MR) is 84.0 cm³/mol. The topological polar surface area (TPSA) is 80.9 Å². The minimum atomic E-state index is -0.184. The van der Waals surface area contributed by atoms with E-state index in [0.29, 0.717) is 17.2 Å². The fraction of sp³-hybridized carbons (Fsp3) is 0.688. The van der Waals surface area contributed by atoms with Gasteiger partial charge in [-0.05, 0) is 18.3 Å². The van der Waals surface area contributed by atoms with Gasteiger partial charge >= 0.3 is 0 Å². The molecular formula is C16H26N4O. The van der Waals surface area contributed by atoms with Crippen molar-refractivity contribution < 1.29 is 4.79 Å². The van der Waals surface area contributed by atoms with Crippen LogP contribution in [0.5, 0.6) is 0 Å². The molecule has 1 aromatic rings. The number of carbonyl (C=O) groups is 1. The average Bonchev–Trinajstić information content (AvgIpc) is 2.41. The van der Waals surface area contributed by atoms with Gasteiger partial charge in [-0.15, -0.1) is 0 Å². The van der Waals surface area contributed by atoms with Crippen LogP contribution in [0.4, 0.5) is 5.69 Å². The van der Waals surface area contributed by atoms with Crippen LogP contribution in [0, 0.1) is 5.41 Å². The van der Waals surface area contributed by atoms with Crippen LogP contribution in [-0.4, -0.2) is 21.9 Å². The fourth-order valence-electron chi connectivity index (χ4n) is 2.85. The van der Waals surface area contributed by atoms with Gasteiger partial charge in [-0.25, -0.2) is 9.97 Å². The molecule has 0 saturated heterocycles. The summed E-state index contributed by atoms with van der Waals surface area (Å²) in [7, 11) is 0. The highest BCUT2D eigenvalue weighted by atomic mass is 16.2. The molecule has 1 fully saturated rings. The van der Waals surface area contributed by atoms with Crippen LogP contribution in [0.15, 0.2) is 6.20 Å². The van der Waals surface area contributed by atoms with Crippen molar-refractivity contribution in [3.63, 3.8) is 0 Å². The second-order valence-electron chi connectivity index (χ2n) is 6.95. The fourth-order valence-corrected chi connectivity index (χ4v) is 2.85. The first kappa shape index (κ1) is 15.7. The third-order valence-corrected chi connectivity index (χ3v) is 4.38. The Kier molecular flexibility index (Phi) is 4.49. The SMILES string of the molecule is CC(C)c1ncc(N)c(C(=O)NC2CCCCC2(C)C)n1. The molecule has 1 aromatic heterocycles. The molecule has 1 heterocycles. The van der Waals surface area contributed by atoms with Gasteiger partial charge in [0.1, 0.15) is 5.82 Å². The van der Waals surface area contributed by atoms with Crippen molar-refractivity contribution in [1.29, 1.82) is 0 Å². The lowest BCUT2D eigenvalue weighted by Crippen LogP contribution is -2.47. The summed E-state index contributed by atoms with van der Waals surface area (Å²) >= 11 is 0. The molecule has 21 heavy (non-hydrogen) atoms. The Labute approximate surface area is 126 Å². The summed E-state index contributed by atoms with van der Waals surface area (Å²) < 4.78 is 0. The van der Waals surface area contributed by atoms with Crippen molar-refractivity contribution in [2.75, 3.05) is 5.73 Å². The molecule has 5 heteroatoms. The molecule has 116 valence electrons. The van der Waals surface area contributed by atoms with E-state index >= 15 is 0 Å². The van der Waals surface area contributed by atoms with Crippen LogP contribution in [-0.2, 0) is 0 Å². The number of hydrogen-bond acceptors (Lipinski definition) is 4. The Morgan fingerprint density at radius 3 is 2.76 bits per heavy atom. The van der Waals surface area contributed by atoms with E-state index in [1.807, 2.05) is 13.8 Å². The van der Waals surface area contributed by atoms with Gasteiger partial charge < -0.3 is 11.1 Å². The van der Waals surface area contributed by atoms with Crippen molar-refractivity contribution >= 4 is 11.6 Å². The minimum absolute atomic E-state index is 0.122. The van der Waals surface area contributed by atoms with E-state index in [1.54, 1.807) is 0 Å². The van der Waals surface area contributed by atoms with Crippen molar-refractivity contribution in [3.8, 4) is 0 Å². The molecule has 1 aliphatic rings. The number of nitrogens with two attached hydrogens (primary N) is 1. The normalized spacial score (nSPS) is 21.3. The predicted octanol–water partition coefficient (Wildman–Crippen LogP) is 2.88. The Balaban J connectivity index is 2.18. The first-order chi connectivity index (χ1) is 9.81. The second-order valence-corrected chi connectivity index (χ2v) is 6.95. The molecule has 1 aliphatic carbocycles. The summed E-state index contributed by atoms with van der Waals surface area (Å²) in [6, 6.07) is 0.176. The minimum Gasteiger partial charge on any atom is -0.396 e. The molecule has 0 spiro atoms. The number of hydrogen-bond donors (Lipinski definition) is 2. The third-order valence-electron chi connectivity index (χ3n) is 4.38. The second kappa shape index (κ2) is 6.00. The molecule has 2 rings (SSSR count). The molecule has 1 saturated carbocycles. The number of aromatic nitrogens is 2. The highest BCUT2D eigenvalue weighted by Crippen LogP contribution is 2.35. The van der Waals surface area contributed by atoms with E-state index in [-0.39, 0.29) is 23.3 Å². The largest absolute Gasteiger partial charge is 0.396 e. The quantitative estimate of drug-likeness (QED) is 0.897. The maximum Gasteiger partial charge on any atom is 0.272 e. The number of nitrogens with one attached hydrogen (secondary N) is 1. The van der Waals surface area contributed by atoms with Crippen LogP contribution in [0.1, 0.15) is 75.6 Å². The summed E-state index contributed by atoms with van der Waals surface area (Å²) in [5, 5.41) is 3.12. The van der Waals surface area contributed by atoms with Crippen molar-refractivity contribution in [3.05, 3.63) is 17.7 Å². The van der Waals surface area contributed by atoms with Crippen LogP contribution in [0.3, 0.4) is 0 Å². The Morgan fingerprint density at radius 1 is 1.43 bits per heavy atom. The maximum atomic E-state index is 12.5. The Bertz CT molecular complexity index is 525. The molecule has 1 unspecified atom stereocenters. The van der Waals surface area contributed by atoms with Crippen molar-refractivity contribution in [2.45, 2.75) is 65.3 Å². The van der Waals surface area contributed by atoms with Gasteiger partial charge in [-0.1, -0.05) is 40.5 Å². The zero-order chi connectivity index (χ0) is 15.6. The number of nitrogens with zero attached hydrogens (tertiary/aromatic N) is 2. The molecule has 1 amide bonds. The monoisotopic (exact) mass is 290 g/mol.